The molecule has 0 aliphatic carbocycles. The molecule has 0 fully saturated rings. The van der Waals surface area contributed by atoms with Crippen LogP contribution in [0, 0.1) is 0 Å². The summed E-state index contributed by atoms with van der Waals surface area (Å²) in [4.78, 5) is 0. The highest BCUT2D eigenvalue weighted by Crippen LogP contribution is 2.20. The van der Waals surface area contributed by atoms with E-state index in [0.717, 1.165) is 10.2 Å². The summed E-state index contributed by atoms with van der Waals surface area (Å²) in [5.41, 5.74) is 5.25. The highest BCUT2D eigenvalue weighted by Gasteiger charge is 2.16. The SMILES string of the molecule is CC(C)(CN)Oc1ccc(Br)cc1. The van der Waals surface area contributed by atoms with E-state index in [9.17, 15) is 0 Å². The zero-order chi connectivity index (χ0) is 9.90. The van der Waals surface area contributed by atoms with Gasteiger partial charge >= 0.3 is 0 Å². The van der Waals surface area contributed by atoms with Crippen LogP contribution in [-0.2, 0) is 0 Å². The predicted octanol–water partition coefficient (Wildman–Crippen LogP) is 2.57. The predicted molar refractivity (Wildman–Crippen MR) is 57.9 cm³/mol. The van der Waals surface area contributed by atoms with Crippen LogP contribution in [0.5, 0.6) is 5.75 Å². The first kappa shape index (κ1) is 10.5. The van der Waals surface area contributed by atoms with Gasteiger partial charge in [0.2, 0.25) is 0 Å². The molecular formula is C10H14BrNO. The molecule has 0 amide bonds. The van der Waals surface area contributed by atoms with E-state index in [2.05, 4.69) is 15.9 Å². The summed E-state index contributed by atoms with van der Waals surface area (Å²) in [5, 5.41) is 0. The van der Waals surface area contributed by atoms with Gasteiger partial charge in [0.05, 0.1) is 0 Å². The normalized spacial score (nSPS) is 11.4. The Hall–Kier alpha value is -0.540. The molecule has 72 valence electrons. The molecule has 0 heterocycles. The van der Waals surface area contributed by atoms with Crippen LogP contribution in [0.4, 0.5) is 0 Å². The van der Waals surface area contributed by atoms with E-state index in [-0.39, 0.29) is 5.60 Å². The molecule has 0 spiro atoms. The van der Waals surface area contributed by atoms with Crippen LogP contribution in [-0.4, -0.2) is 12.1 Å². The third kappa shape index (κ3) is 3.36. The van der Waals surface area contributed by atoms with Crippen molar-refractivity contribution in [1.82, 2.24) is 0 Å². The van der Waals surface area contributed by atoms with Gasteiger partial charge in [0.25, 0.3) is 0 Å². The van der Waals surface area contributed by atoms with E-state index in [0.29, 0.717) is 6.54 Å². The van der Waals surface area contributed by atoms with Crippen LogP contribution in [0.2, 0.25) is 0 Å². The number of ether oxygens (including phenoxy) is 1. The van der Waals surface area contributed by atoms with Crippen molar-refractivity contribution in [1.29, 1.82) is 0 Å². The number of hydrogen-bond acceptors (Lipinski definition) is 2. The molecule has 0 aliphatic rings. The molecule has 0 aliphatic heterocycles. The summed E-state index contributed by atoms with van der Waals surface area (Å²) in [7, 11) is 0. The Kier molecular flexibility index (Phi) is 3.33. The molecule has 0 radical (unpaired) electrons. The van der Waals surface area contributed by atoms with Crippen LogP contribution in [0.25, 0.3) is 0 Å². The first-order chi connectivity index (χ1) is 6.03. The monoisotopic (exact) mass is 243 g/mol. The van der Waals surface area contributed by atoms with E-state index in [1.807, 2.05) is 38.1 Å². The Balaban J connectivity index is 2.69. The van der Waals surface area contributed by atoms with Crippen LogP contribution in [0.1, 0.15) is 13.8 Å². The second-order valence-electron chi connectivity index (χ2n) is 3.52. The standard InChI is InChI=1S/C10H14BrNO/c1-10(2,7-12)13-9-5-3-8(11)4-6-9/h3-6H,7,12H2,1-2H3. The quantitative estimate of drug-likeness (QED) is 0.886. The summed E-state index contributed by atoms with van der Waals surface area (Å²) < 4.78 is 6.71. The van der Waals surface area contributed by atoms with Crippen molar-refractivity contribution in [3.63, 3.8) is 0 Å². The molecule has 0 unspecified atom stereocenters. The van der Waals surface area contributed by atoms with E-state index in [4.69, 9.17) is 10.5 Å². The molecule has 0 saturated heterocycles. The lowest BCUT2D eigenvalue weighted by Gasteiger charge is -2.24. The van der Waals surface area contributed by atoms with Gasteiger partial charge in [0.15, 0.2) is 0 Å². The second-order valence-corrected chi connectivity index (χ2v) is 4.44. The third-order valence-corrected chi connectivity index (χ3v) is 2.23. The van der Waals surface area contributed by atoms with E-state index >= 15 is 0 Å². The fraction of sp³-hybridized carbons (Fsp3) is 0.400. The number of hydrogen-bond donors (Lipinski definition) is 1. The molecule has 2 nitrogen and oxygen atoms in total. The van der Waals surface area contributed by atoms with Crippen molar-refractivity contribution in [3.05, 3.63) is 28.7 Å². The van der Waals surface area contributed by atoms with Crippen LogP contribution >= 0.6 is 15.9 Å². The Morgan fingerprint density at radius 1 is 1.31 bits per heavy atom. The van der Waals surface area contributed by atoms with Crippen molar-refractivity contribution in [2.45, 2.75) is 19.4 Å². The maximum Gasteiger partial charge on any atom is 0.120 e. The molecule has 13 heavy (non-hydrogen) atoms. The molecule has 2 N–H and O–H groups in total. The second kappa shape index (κ2) is 4.11. The number of benzene rings is 1. The molecule has 0 saturated carbocycles. The number of halogens is 1. The molecule has 0 bridgehead atoms. The van der Waals surface area contributed by atoms with Gasteiger partial charge in [-0.1, -0.05) is 15.9 Å². The first-order valence-corrected chi connectivity index (χ1v) is 4.97. The van der Waals surface area contributed by atoms with E-state index in [1.54, 1.807) is 0 Å². The van der Waals surface area contributed by atoms with Gasteiger partial charge in [-0.05, 0) is 38.1 Å². The van der Waals surface area contributed by atoms with Gasteiger partial charge < -0.3 is 10.5 Å². The molecule has 1 aromatic carbocycles. The van der Waals surface area contributed by atoms with Gasteiger partial charge in [-0.3, -0.25) is 0 Å². The Morgan fingerprint density at radius 2 is 1.85 bits per heavy atom. The maximum atomic E-state index is 5.66. The fourth-order valence-electron chi connectivity index (χ4n) is 0.863. The van der Waals surface area contributed by atoms with Crippen LogP contribution in [0.3, 0.4) is 0 Å². The molecule has 1 rings (SSSR count). The molecule has 0 aromatic heterocycles. The average Bonchev–Trinajstić information content (AvgIpc) is 2.09. The minimum Gasteiger partial charge on any atom is -0.487 e. The van der Waals surface area contributed by atoms with Gasteiger partial charge in [0, 0.05) is 11.0 Å². The number of nitrogens with two attached hydrogens (primary N) is 1. The Labute approximate surface area is 87.2 Å². The van der Waals surface area contributed by atoms with Crippen molar-refractivity contribution >= 4 is 15.9 Å². The summed E-state index contributed by atoms with van der Waals surface area (Å²) in [6.07, 6.45) is 0. The highest BCUT2D eigenvalue weighted by molar-refractivity contribution is 9.10. The summed E-state index contributed by atoms with van der Waals surface area (Å²) >= 11 is 3.36. The van der Waals surface area contributed by atoms with Gasteiger partial charge in [-0.25, -0.2) is 0 Å². The number of rotatable bonds is 3. The van der Waals surface area contributed by atoms with Crippen LogP contribution < -0.4 is 10.5 Å². The van der Waals surface area contributed by atoms with Gasteiger partial charge in [0.1, 0.15) is 11.4 Å². The average molecular weight is 244 g/mol. The van der Waals surface area contributed by atoms with Gasteiger partial charge in [-0.2, -0.15) is 0 Å². The fourth-order valence-corrected chi connectivity index (χ4v) is 1.13. The molecule has 1 aromatic rings. The van der Waals surface area contributed by atoms with Crippen LogP contribution in [0.15, 0.2) is 28.7 Å². The molecule has 0 atom stereocenters. The topological polar surface area (TPSA) is 35.2 Å². The zero-order valence-corrected chi connectivity index (χ0v) is 9.47. The smallest absolute Gasteiger partial charge is 0.120 e. The van der Waals surface area contributed by atoms with Crippen molar-refractivity contribution in [2.24, 2.45) is 5.73 Å². The van der Waals surface area contributed by atoms with E-state index in [1.165, 1.54) is 0 Å². The Morgan fingerprint density at radius 3 is 2.31 bits per heavy atom. The lowest BCUT2D eigenvalue weighted by molar-refractivity contribution is 0.119. The largest absolute Gasteiger partial charge is 0.487 e. The lowest BCUT2D eigenvalue weighted by atomic mass is 10.1. The Bertz CT molecular complexity index is 269. The zero-order valence-electron chi connectivity index (χ0n) is 7.88. The summed E-state index contributed by atoms with van der Waals surface area (Å²) in [6.45, 7) is 4.44. The molecular weight excluding hydrogens is 230 g/mol. The summed E-state index contributed by atoms with van der Waals surface area (Å²) in [6, 6.07) is 7.73. The van der Waals surface area contributed by atoms with Crippen molar-refractivity contribution < 1.29 is 4.74 Å². The maximum absolute atomic E-state index is 5.66. The van der Waals surface area contributed by atoms with Crippen molar-refractivity contribution in [3.8, 4) is 5.75 Å². The minimum atomic E-state index is -0.298. The third-order valence-electron chi connectivity index (χ3n) is 1.70. The molecule has 3 heteroatoms. The minimum absolute atomic E-state index is 0.298. The lowest BCUT2D eigenvalue weighted by Crippen LogP contribution is -2.37. The van der Waals surface area contributed by atoms with Gasteiger partial charge in [-0.15, -0.1) is 0 Å². The highest BCUT2D eigenvalue weighted by atomic mass is 79.9. The first-order valence-electron chi connectivity index (χ1n) is 4.18. The summed E-state index contributed by atoms with van der Waals surface area (Å²) in [5.74, 6) is 0.846. The van der Waals surface area contributed by atoms with E-state index < -0.39 is 0 Å². The van der Waals surface area contributed by atoms with Crippen molar-refractivity contribution in [2.75, 3.05) is 6.54 Å².